The van der Waals surface area contributed by atoms with Crippen LogP contribution in [0.3, 0.4) is 0 Å². The van der Waals surface area contributed by atoms with Crippen LogP contribution in [0.5, 0.6) is 0 Å². The number of aryl methyl sites for hydroxylation is 1. The lowest BCUT2D eigenvalue weighted by molar-refractivity contribution is -0.113. The summed E-state index contributed by atoms with van der Waals surface area (Å²) in [6, 6.07) is 7.34. The number of rotatable bonds is 6. The Morgan fingerprint density at radius 1 is 1.27 bits per heavy atom. The van der Waals surface area contributed by atoms with E-state index in [9.17, 15) is 9.59 Å². The summed E-state index contributed by atoms with van der Waals surface area (Å²) in [7, 11) is 3.21. The lowest BCUT2D eigenvalue weighted by Crippen LogP contribution is -2.16. The monoisotopic (exact) mass is 462 g/mol. The number of hydrogen-bond acceptors (Lipinski definition) is 7. The number of nitrogens with zero attached hydrogens (tertiary/aromatic N) is 3. The molecule has 7 nitrogen and oxygen atoms in total. The van der Waals surface area contributed by atoms with Crippen LogP contribution in [0.1, 0.15) is 27.2 Å². The highest BCUT2D eigenvalue weighted by Gasteiger charge is 2.28. The molecular formula is C20H19ClN4O3S2. The van der Waals surface area contributed by atoms with E-state index >= 15 is 0 Å². The van der Waals surface area contributed by atoms with Gasteiger partial charge in [-0.3, -0.25) is 4.79 Å². The van der Waals surface area contributed by atoms with Crippen molar-refractivity contribution in [2.45, 2.75) is 24.4 Å². The van der Waals surface area contributed by atoms with E-state index in [1.807, 2.05) is 23.7 Å². The molecule has 1 aliphatic rings. The Labute approximate surface area is 186 Å². The van der Waals surface area contributed by atoms with Gasteiger partial charge in [0.1, 0.15) is 5.00 Å². The highest BCUT2D eigenvalue weighted by molar-refractivity contribution is 7.99. The third-order valence-corrected chi connectivity index (χ3v) is 7.31. The summed E-state index contributed by atoms with van der Waals surface area (Å²) in [5.41, 5.74) is 2.40. The van der Waals surface area contributed by atoms with Crippen molar-refractivity contribution in [2.24, 2.45) is 7.05 Å². The molecule has 1 amide bonds. The molecule has 0 atom stereocenters. The molecule has 10 heteroatoms. The van der Waals surface area contributed by atoms with Crippen LogP contribution in [0, 0.1) is 0 Å². The smallest absolute Gasteiger partial charge is 0.341 e. The Hall–Kier alpha value is -2.36. The fourth-order valence-electron chi connectivity index (χ4n) is 3.39. The van der Waals surface area contributed by atoms with Crippen molar-refractivity contribution in [1.29, 1.82) is 0 Å². The topological polar surface area (TPSA) is 86.1 Å². The number of benzene rings is 1. The molecule has 1 aliphatic carbocycles. The maximum Gasteiger partial charge on any atom is 0.341 e. The number of ether oxygens (including phenoxy) is 1. The van der Waals surface area contributed by atoms with Gasteiger partial charge in [0.05, 0.1) is 18.4 Å². The van der Waals surface area contributed by atoms with E-state index in [-0.39, 0.29) is 11.7 Å². The summed E-state index contributed by atoms with van der Waals surface area (Å²) in [5, 5.41) is 13.1. The van der Waals surface area contributed by atoms with Gasteiger partial charge in [-0.05, 0) is 49.1 Å². The number of thioether (sulfide) groups is 1. The van der Waals surface area contributed by atoms with Crippen molar-refractivity contribution in [3.8, 4) is 11.4 Å². The first kappa shape index (κ1) is 20.9. The molecule has 3 aromatic rings. The van der Waals surface area contributed by atoms with E-state index < -0.39 is 5.97 Å². The minimum absolute atomic E-state index is 0.149. The lowest BCUT2D eigenvalue weighted by atomic mass is 10.1. The molecule has 2 aromatic heterocycles. The molecule has 0 unspecified atom stereocenters. The standard InChI is InChI=1S/C20H19ClN4O3S2/c1-25-17(11-6-8-12(21)9-7-11)23-24-20(25)29-10-15(26)22-18-16(19(27)28-2)13-4-3-5-14(13)30-18/h6-9H,3-5,10H2,1-2H3,(H,22,26). The van der Waals surface area contributed by atoms with E-state index in [4.69, 9.17) is 16.3 Å². The Morgan fingerprint density at radius 2 is 2.03 bits per heavy atom. The molecule has 1 N–H and O–H groups in total. The third-order valence-electron chi connectivity index (χ3n) is 4.83. The van der Waals surface area contributed by atoms with Gasteiger partial charge in [0.25, 0.3) is 0 Å². The second kappa shape index (κ2) is 8.79. The number of esters is 1. The van der Waals surface area contributed by atoms with Gasteiger partial charge in [-0.25, -0.2) is 4.79 Å². The molecule has 0 spiro atoms. The highest BCUT2D eigenvalue weighted by atomic mass is 35.5. The van der Waals surface area contributed by atoms with E-state index in [0.717, 1.165) is 35.3 Å². The van der Waals surface area contributed by atoms with Gasteiger partial charge < -0.3 is 14.6 Å². The third kappa shape index (κ3) is 4.10. The number of anilines is 1. The molecule has 0 aliphatic heterocycles. The molecule has 0 bridgehead atoms. The fourth-order valence-corrected chi connectivity index (χ4v) is 5.52. The number of halogens is 1. The average molecular weight is 463 g/mol. The SMILES string of the molecule is COC(=O)c1c(NC(=O)CSc2nnc(-c3ccc(Cl)cc3)n2C)sc2c1CCC2. The summed E-state index contributed by atoms with van der Waals surface area (Å²) in [4.78, 5) is 25.9. The Bertz CT molecular complexity index is 1110. The quantitative estimate of drug-likeness (QED) is 0.436. The Morgan fingerprint density at radius 3 is 2.77 bits per heavy atom. The molecule has 156 valence electrons. The summed E-state index contributed by atoms with van der Waals surface area (Å²) in [6.07, 6.45) is 2.80. The minimum Gasteiger partial charge on any atom is -0.465 e. The summed E-state index contributed by atoms with van der Waals surface area (Å²) in [6.45, 7) is 0. The molecular weight excluding hydrogens is 444 g/mol. The number of carbonyl (C=O) groups excluding carboxylic acids is 2. The van der Waals surface area contributed by atoms with Gasteiger partial charge in [0.2, 0.25) is 5.91 Å². The van der Waals surface area contributed by atoms with Gasteiger partial charge >= 0.3 is 5.97 Å². The zero-order valence-corrected chi connectivity index (χ0v) is 18.8. The van der Waals surface area contributed by atoms with Crippen LogP contribution in [0.15, 0.2) is 29.4 Å². The van der Waals surface area contributed by atoms with Crippen LogP contribution >= 0.6 is 34.7 Å². The fraction of sp³-hybridized carbons (Fsp3) is 0.300. The number of methoxy groups -OCH3 is 1. The maximum absolute atomic E-state index is 12.6. The van der Waals surface area contributed by atoms with Gasteiger partial charge in [-0.2, -0.15) is 0 Å². The molecule has 1 aromatic carbocycles. The molecule has 30 heavy (non-hydrogen) atoms. The van der Waals surface area contributed by atoms with E-state index in [1.165, 1.54) is 30.2 Å². The number of hydrogen-bond donors (Lipinski definition) is 1. The lowest BCUT2D eigenvalue weighted by Gasteiger charge is -2.07. The van der Waals surface area contributed by atoms with E-state index in [1.54, 1.807) is 12.1 Å². The Kier molecular flexibility index (Phi) is 6.12. The zero-order valence-electron chi connectivity index (χ0n) is 16.4. The number of aromatic nitrogens is 3. The van der Waals surface area contributed by atoms with Crippen LogP contribution < -0.4 is 5.32 Å². The van der Waals surface area contributed by atoms with Gasteiger partial charge in [-0.15, -0.1) is 21.5 Å². The second-order valence-corrected chi connectivity index (χ2v) is 9.25. The molecule has 0 radical (unpaired) electrons. The summed E-state index contributed by atoms with van der Waals surface area (Å²) in [5.74, 6) is 0.229. The largest absolute Gasteiger partial charge is 0.465 e. The van der Waals surface area contributed by atoms with Gasteiger partial charge in [-0.1, -0.05) is 23.4 Å². The van der Waals surface area contributed by atoms with Crippen molar-refractivity contribution in [2.75, 3.05) is 18.2 Å². The van der Waals surface area contributed by atoms with Crippen LogP contribution in [0.25, 0.3) is 11.4 Å². The first-order valence-electron chi connectivity index (χ1n) is 9.28. The van der Waals surface area contributed by atoms with E-state index in [2.05, 4.69) is 15.5 Å². The molecule has 0 saturated carbocycles. The summed E-state index contributed by atoms with van der Waals surface area (Å²) < 4.78 is 6.75. The molecule has 0 fully saturated rings. The normalized spacial score (nSPS) is 12.6. The molecule has 0 saturated heterocycles. The Balaban J connectivity index is 1.44. The molecule has 4 rings (SSSR count). The highest BCUT2D eigenvalue weighted by Crippen LogP contribution is 2.39. The number of thiophene rings is 1. The number of fused-ring (bicyclic) bond motifs is 1. The molecule has 2 heterocycles. The van der Waals surface area contributed by atoms with Crippen LogP contribution in [0.2, 0.25) is 5.02 Å². The minimum atomic E-state index is -0.404. The zero-order chi connectivity index (χ0) is 21.3. The summed E-state index contributed by atoms with van der Waals surface area (Å²) >= 11 is 8.69. The van der Waals surface area contributed by atoms with Crippen LogP contribution in [-0.2, 0) is 29.4 Å². The second-order valence-electron chi connectivity index (χ2n) is 6.76. The number of amides is 1. The van der Waals surface area contributed by atoms with Gasteiger partial charge in [0, 0.05) is 22.5 Å². The van der Waals surface area contributed by atoms with Crippen molar-refractivity contribution >= 4 is 51.6 Å². The van der Waals surface area contributed by atoms with Crippen molar-refractivity contribution in [1.82, 2.24) is 14.8 Å². The predicted octanol–water partition coefficient (Wildman–Crippen LogP) is 4.20. The van der Waals surface area contributed by atoms with Crippen LogP contribution in [0.4, 0.5) is 5.00 Å². The van der Waals surface area contributed by atoms with Crippen LogP contribution in [-0.4, -0.2) is 39.5 Å². The average Bonchev–Trinajstić information content (AvgIpc) is 3.41. The van der Waals surface area contributed by atoms with E-state index in [0.29, 0.717) is 26.6 Å². The van der Waals surface area contributed by atoms with Gasteiger partial charge in [0.15, 0.2) is 11.0 Å². The van der Waals surface area contributed by atoms with Crippen molar-refractivity contribution in [3.05, 3.63) is 45.3 Å². The number of nitrogens with one attached hydrogen (secondary N) is 1. The number of carbonyl (C=O) groups is 2. The van der Waals surface area contributed by atoms with Crippen molar-refractivity contribution in [3.63, 3.8) is 0 Å². The predicted molar refractivity (Wildman–Crippen MR) is 118 cm³/mol. The maximum atomic E-state index is 12.6. The first-order chi connectivity index (χ1) is 14.5. The van der Waals surface area contributed by atoms with Crippen molar-refractivity contribution < 1.29 is 14.3 Å². The first-order valence-corrected chi connectivity index (χ1v) is 11.5.